The van der Waals surface area contributed by atoms with Gasteiger partial charge in [-0.15, -0.1) is 0 Å². The fraction of sp³-hybridized carbons (Fsp3) is 0.467. The Morgan fingerprint density at radius 2 is 2.05 bits per heavy atom. The molecular weight excluding hydrogens is 336 g/mol. The van der Waals surface area contributed by atoms with E-state index in [2.05, 4.69) is 26.6 Å². The number of hydrogen-bond acceptors (Lipinski definition) is 3. The van der Waals surface area contributed by atoms with Crippen LogP contribution in [0.3, 0.4) is 0 Å². The van der Waals surface area contributed by atoms with Crippen LogP contribution >= 0.6 is 15.9 Å². The van der Waals surface area contributed by atoms with E-state index in [1.165, 1.54) is 0 Å². The Hall–Kier alpha value is -1.56. The largest absolute Gasteiger partial charge is 0.492 e. The van der Waals surface area contributed by atoms with Gasteiger partial charge in [0.15, 0.2) is 0 Å². The van der Waals surface area contributed by atoms with Gasteiger partial charge in [-0.25, -0.2) is 0 Å². The first-order chi connectivity index (χ1) is 10.0. The Labute approximate surface area is 133 Å². The van der Waals surface area contributed by atoms with E-state index in [9.17, 15) is 9.59 Å². The summed E-state index contributed by atoms with van der Waals surface area (Å²) in [5, 5.41) is 5.38. The van der Waals surface area contributed by atoms with E-state index in [1.54, 1.807) is 6.92 Å². The number of nitrogens with one attached hydrogen (secondary N) is 2. The average molecular weight is 357 g/mol. The van der Waals surface area contributed by atoms with Gasteiger partial charge in [-0.05, 0) is 41.4 Å². The fourth-order valence-corrected chi connectivity index (χ4v) is 2.00. The molecule has 21 heavy (non-hydrogen) atoms. The molecule has 116 valence electrons. The molecule has 0 aromatic heterocycles. The summed E-state index contributed by atoms with van der Waals surface area (Å²) < 4.78 is 6.35. The quantitative estimate of drug-likeness (QED) is 0.750. The molecule has 1 rings (SSSR count). The summed E-state index contributed by atoms with van der Waals surface area (Å²) in [7, 11) is 0. The number of benzene rings is 1. The van der Waals surface area contributed by atoms with Crippen LogP contribution in [0.1, 0.15) is 26.7 Å². The molecule has 1 aromatic rings. The summed E-state index contributed by atoms with van der Waals surface area (Å²) in [4.78, 5) is 23.3. The van der Waals surface area contributed by atoms with Crippen LogP contribution in [0.2, 0.25) is 0 Å². The van der Waals surface area contributed by atoms with Gasteiger partial charge in [0.1, 0.15) is 11.8 Å². The lowest BCUT2D eigenvalue weighted by molar-refractivity contribution is -0.128. The van der Waals surface area contributed by atoms with Crippen molar-refractivity contribution in [3.8, 4) is 5.75 Å². The molecule has 1 aromatic carbocycles. The molecule has 0 aliphatic heterocycles. The van der Waals surface area contributed by atoms with Crippen molar-refractivity contribution in [2.24, 2.45) is 0 Å². The fourth-order valence-electron chi connectivity index (χ4n) is 1.60. The van der Waals surface area contributed by atoms with Crippen LogP contribution in [-0.2, 0) is 9.59 Å². The van der Waals surface area contributed by atoms with E-state index in [-0.39, 0.29) is 24.8 Å². The monoisotopic (exact) mass is 356 g/mol. The maximum atomic E-state index is 11.7. The van der Waals surface area contributed by atoms with Gasteiger partial charge < -0.3 is 15.4 Å². The van der Waals surface area contributed by atoms with Crippen molar-refractivity contribution in [1.29, 1.82) is 0 Å². The average Bonchev–Trinajstić information content (AvgIpc) is 2.46. The summed E-state index contributed by atoms with van der Waals surface area (Å²) in [6.07, 6.45) is 1.07. The lowest BCUT2D eigenvalue weighted by atomic mass is 10.3. The molecule has 6 heteroatoms. The second-order valence-electron chi connectivity index (χ2n) is 4.61. The number of para-hydroxylation sites is 1. The summed E-state index contributed by atoms with van der Waals surface area (Å²) in [6.45, 7) is 4.52. The van der Waals surface area contributed by atoms with Crippen LogP contribution in [0.25, 0.3) is 0 Å². The molecule has 0 bridgehead atoms. The number of halogens is 1. The molecule has 2 N–H and O–H groups in total. The van der Waals surface area contributed by atoms with Gasteiger partial charge in [0.05, 0.1) is 17.5 Å². The molecule has 0 saturated carbocycles. The first kappa shape index (κ1) is 17.5. The maximum absolute atomic E-state index is 11.7. The van der Waals surface area contributed by atoms with Crippen LogP contribution in [0.5, 0.6) is 5.75 Å². The Bertz CT molecular complexity index is 480. The van der Waals surface area contributed by atoms with Gasteiger partial charge in [-0.1, -0.05) is 19.1 Å². The third-order valence-corrected chi connectivity index (χ3v) is 3.40. The highest BCUT2D eigenvalue weighted by Crippen LogP contribution is 2.23. The number of rotatable bonds is 8. The highest BCUT2D eigenvalue weighted by atomic mass is 79.9. The van der Waals surface area contributed by atoms with Gasteiger partial charge in [0.2, 0.25) is 11.8 Å². The summed E-state index contributed by atoms with van der Waals surface area (Å²) in [5.74, 6) is 0.317. The predicted molar refractivity (Wildman–Crippen MR) is 85.2 cm³/mol. The molecule has 5 nitrogen and oxygen atoms in total. The van der Waals surface area contributed by atoms with E-state index in [1.807, 2.05) is 31.2 Å². The van der Waals surface area contributed by atoms with E-state index >= 15 is 0 Å². The van der Waals surface area contributed by atoms with Crippen molar-refractivity contribution in [2.45, 2.75) is 32.7 Å². The lowest BCUT2D eigenvalue weighted by Crippen LogP contribution is -2.45. The Balaban J connectivity index is 2.28. The van der Waals surface area contributed by atoms with Crippen LogP contribution in [-0.4, -0.2) is 31.0 Å². The standard InChI is InChI=1S/C15H21BrN2O3/c1-3-9-17-15(20)11(2)18-14(19)8-10-21-13-7-5-4-6-12(13)16/h4-7,11H,3,8-10H2,1-2H3,(H,17,20)(H,18,19). The molecule has 0 aliphatic rings. The highest BCUT2D eigenvalue weighted by molar-refractivity contribution is 9.10. The molecular formula is C15H21BrN2O3. The van der Waals surface area contributed by atoms with Crippen molar-refractivity contribution in [3.63, 3.8) is 0 Å². The third-order valence-electron chi connectivity index (χ3n) is 2.74. The summed E-state index contributed by atoms with van der Waals surface area (Å²) in [6, 6.07) is 6.91. The number of carbonyl (C=O) groups excluding carboxylic acids is 2. The zero-order chi connectivity index (χ0) is 15.7. The normalized spacial score (nSPS) is 11.6. The maximum Gasteiger partial charge on any atom is 0.242 e. The van der Waals surface area contributed by atoms with Crippen LogP contribution < -0.4 is 15.4 Å². The van der Waals surface area contributed by atoms with Gasteiger partial charge >= 0.3 is 0 Å². The molecule has 0 fully saturated rings. The molecule has 2 amide bonds. The second-order valence-corrected chi connectivity index (χ2v) is 5.46. The highest BCUT2D eigenvalue weighted by Gasteiger charge is 2.14. The van der Waals surface area contributed by atoms with Crippen LogP contribution in [0.4, 0.5) is 0 Å². The van der Waals surface area contributed by atoms with Gasteiger partial charge in [0.25, 0.3) is 0 Å². The van der Waals surface area contributed by atoms with E-state index in [4.69, 9.17) is 4.74 Å². The van der Waals surface area contributed by atoms with Crippen molar-refractivity contribution in [3.05, 3.63) is 28.7 Å². The molecule has 1 unspecified atom stereocenters. The second kappa shape index (κ2) is 9.39. The number of carbonyl (C=O) groups is 2. The van der Waals surface area contributed by atoms with Gasteiger partial charge in [-0.3, -0.25) is 9.59 Å². The number of hydrogen-bond donors (Lipinski definition) is 2. The molecule has 0 aliphatic carbocycles. The Kier molecular flexibility index (Phi) is 7.82. The smallest absolute Gasteiger partial charge is 0.242 e. The molecule has 0 spiro atoms. The third kappa shape index (κ3) is 6.62. The summed E-state index contributed by atoms with van der Waals surface area (Å²) in [5.41, 5.74) is 0. The van der Waals surface area contributed by atoms with Gasteiger partial charge in [-0.2, -0.15) is 0 Å². The van der Waals surface area contributed by atoms with Gasteiger partial charge in [0, 0.05) is 6.54 Å². The van der Waals surface area contributed by atoms with Crippen molar-refractivity contribution >= 4 is 27.7 Å². The molecule has 0 heterocycles. The molecule has 0 radical (unpaired) electrons. The zero-order valence-corrected chi connectivity index (χ0v) is 13.9. The molecule has 0 saturated heterocycles. The van der Waals surface area contributed by atoms with E-state index in [0.29, 0.717) is 12.3 Å². The van der Waals surface area contributed by atoms with Crippen molar-refractivity contribution < 1.29 is 14.3 Å². The number of amides is 2. The lowest BCUT2D eigenvalue weighted by Gasteiger charge is -2.14. The molecule has 1 atom stereocenters. The topological polar surface area (TPSA) is 67.4 Å². The van der Waals surface area contributed by atoms with E-state index < -0.39 is 6.04 Å². The number of ether oxygens (including phenoxy) is 1. The van der Waals surface area contributed by atoms with E-state index in [0.717, 1.165) is 10.9 Å². The van der Waals surface area contributed by atoms with Crippen LogP contribution in [0.15, 0.2) is 28.7 Å². The minimum absolute atomic E-state index is 0.170. The SMILES string of the molecule is CCCNC(=O)C(C)NC(=O)CCOc1ccccc1Br. The first-order valence-electron chi connectivity index (χ1n) is 6.99. The van der Waals surface area contributed by atoms with Crippen molar-refractivity contribution in [1.82, 2.24) is 10.6 Å². The van der Waals surface area contributed by atoms with Crippen molar-refractivity contribution in [2.75, 3.05) is 13.2 Å². The Morgan fingerprint density at radius 1 is 1.33 bits per heavy atom. The predicted octanol–water partition coefficient (Wildman–Crippen LogP) is 2.25. The first-order valence-corrected chi connectivity index (χ1v) is 7.78. The van der Waals surface area contributed by atoms with Crippen LogP contribution in [0, 0.1) is 0 Å². The zero-order valence-electron chi connectivity index (χ0n) is 12.3. The minimum atomic E-state index is -0.535. The summed E-state index contributed by atoms with van der Waals surface area (Å²) >= 11 is 3.37. The minimum Gasteiger partial charge on any atom is -0.492 e. The Morgan fingerprint density at radius 3 is 2.71 bits per heavy atom.